The Labute approximate surface area is 180 Å². The lowest BCUT2D eigenvalue weighted by Crippen LogP contribution is -2.35. The number of methoxy groups -OCH3 is 1. The van der Waals surface area contributed by atoms with E-state index in [-0.39, 0.29) is 11.6 Å². The minimum absolute atomic E-state index is 0.134. The third-order valence-electron chi connectivity index (χ3n) is 5.23. The van der Waals surface area contributed by atoms with Crippen LogP contribution in [0.3, 0.4) is 0 Å². The quantitative estimate of drug-likeness (QED) is 0.477. The van der Waals surface area contributed by atoms with Gasteiger partial charge in [-0.3, -0.25) is 0 Å². The van der Waals surface area contributed by atoms with Crippen LogP contribution >= 0.6 is 0 Å². The highest BCUT2D eigenvalue weighted by Gasteiger charge is 2.38. The Bertz CT molecular complexity index is 1340. The van der Waals surface area contributed by atoms with Gasteiger partial charge in [-0.15, -0.1) is 0 Å². The molecule has 0 atom stereocenters. The zero-order chi connectivity index (χ0) is 21.4. The molecule has 1 aliphatic heterocycles. The van der Waals surface area contributed by atoms with Crippen molar-refractivity contribution in [2.75, 3.05) is 23.0 Å². The average molecular weight is 433 g/mol. The predicted octanol–water partition coefficient (Wildman–Crippen LogP) is 3.81. The normalized spacial score (nSPS) is 13.5. The maximum atomic E-state index is 13.5. The highest BCUT2D eigenvalue weighted by atomic mass is 32.2. The maximum Gasteiger partial charge on any atom is 0.267 e. The van der Waals surface area contributed by atoms with E-state index < -0.39 is 10.0 Å². The number of benzene rings is 3. The van der Waals surface area contributed by atoms with Crippen LogP contribution in [0.1, 0.15) is 5.56 Å². The number of ether oxygens (including phenoxy) is 1. The number of para-hydroxylation sites is 2. The van der Waals surface area contributed by atoms with Gasteiger partial charge in [0.1, 0.15) is 12.4 Å². The van der Waals surface area contributed by atoms with Gasteiger partial charge in [-0.05, 0) is 42.0 Å². The van der Waals surface area contributed by atoms with E-state index in [2.05, 4.69) is 4.98 Å². The summed E-state index contributed by atoms with van der Waals surface area (Å²) in [5.74, 6) is 1.49. The van der Waals surface area contributed by atoms with Gasteiger partial charge in [0.15, 0.2) is 11.6 Å². The molecule has 0 bridgehead atoms. The lowest BCUT2D eigenvalue weighted by Gasteiger charge is -2.20. The summed E-state index contributed by atoms with van der Waals surface area (Å²) in [5, 5.41) is 0. The molecule has 0 aliphatic carbocycles. The van der Waals surface area contributed by atoms with Crippen molar-refractivity contribution in [1.29, 1.82) is 0 Å². The third kappa shape index (κ3) is 3.44. The predicted molar refractivity (Wildman–Crippen MR) is 120 cm³/mol. The molecule has 1 aliphatic rings. The Morgan fingerprint density at radius 3 is 2.10 bits per heavy atom. The fourth-order valence-corrected chi connectivity index (χ4v) is 5.02. The van der Waals surface area contributed by atoms with Crippen LogP contribution in [0.15, 0.2) is 83.8 Å². The minimum Gasteiger partial charge on any atom is -0.497 e. The third-order valence-corrected chi connectivity index (χ3v) is 6.97. The summed E-state index contributed by atoms with van der Waals surface area (Å²) < 4.78 is 33.5. The summed E-state index contributed by atoms with van der Waals surface area (Å²) in [5.41, 5.74) is 2.44. The van der Waals surface area contributed by atoms with Gasteiger partial charge in [-0.2, -0.15) is 0 Å². The molecule has 0 N–H and O–H groups in total. The molecule has 1 aromatic heterocycles. The Morgan fingerprint density at radius 2 is 1.45 bits per heavy atom. The summed E-state index contributed by atoms with van der Waals surface area (Å²) in [4.78, 5) is 11.5. The number of anilines is 2. The number of rotatable bonds is 5. The van der Waals surface area contributed by atoms with Crippen molar-refractivity contribution >= 4 is 32.7 Å². The first-order chi connectivity index (χ1) is 15.1. The van der Waals surface area contributed by atoms with E-state index in [9.17, 15) is 8.42 Å². The zero-order valence-electron chi connectivity index (χ0n) is 16.8. The number of aromatic nitrogens is 2. The molecule has 0 saturated carbocycles. The molecule has 0 unspecified atom stereocenters. The van der Waals surface area contributed by atoms with Crippen LogP contribution in [-0.4, -0.2) is 32.2 Å². The first-order valence-corrected chi connectivity index (χ1v) is 11.2. The van der Waals surface area contributed by atoms with Crippen LogP contribution in [0.5, 0.6) is 5.75 Å². The summed E-state index contributed by atoms with van der Waals surface area (Å²) >= 11 is 0. The fraction of sp³-hybridized carbons (Fsp3) is 0.130. The maximum absolute atomic E-state index is 13.5. The molecule has 5 rings (SSSR count). The Hall–Kier alpha value is -3.65. The molecule has 0 saturated heterocycles. The van der Waals surface area contributed by atoms with Crippen molar-refractivity contribution in [1.82, 2.24) is 9.97 Å². The first-order valence-electron chi connectivity index (χ1n) is 9.79. The molecule has 7 nitrogen and oxygen atoms in total. The summed E-state index contributed by atoms with van der Waals surface area (Å²) in [6.45, 7) is 0.657. The molecular formula is C23H20N4O3S. The molecule has 0 fully saturated rings. The molecule has 3 aromatic carbocycles. The van der Waals surface area contributed by atoms with Crippen molar-refractivity contribution in [3.05, 3.63) is 84.4 Å². The van der Waals surface area contributed by atoms with E-state index in [1.165, 1.54) is 4.31 Å². The van der Waals surface area contributed by atoms with Crippen LogP contribution in [0, 0.1) is 0 Å². The lowest BCUT2D eigenvalue weighted by molar-refractivity contribution is 0.414. The summed E-state index contributed by atoms with van der Waals surface area (Å²) in [6, 6.07) is 23.7. The van der Waals surface area contributed by atoms with E-state index >= 15 is 0 Å². The van der Waals surface area contributed by atoms with E-state index in [4.69, 9.17) is 9.72 Å². The van der Waals surface area contributed by atoms with Crippen molar-refractivity contribution in [3.8, 4) is 5.75 Å². The van der Waals surface area contributed by atoms with Crippen molar-refractivity contribution < 1.29 is 13.2 Å². The molecule has 0 amide bonds. The molecule has 156 valence electrons. The smallest absolute Gasteiger partial charge is 0.267 e. The first kappa shape index (κ1) is 19.3. The summed E-state index contributed by atoms with van der Waals surface area (Å²) in [7, 11) is -2.29. The van der Waals surface area contributed by atoms with Gasteiger partial charge >= 0.3 is 0 Å². The number of hydrogen-bond acceptors (Lipinski definition) is 6. The van der Waals surface area contributed by atoms with E-state index in [0.717, 1.165) is 11.1 Å². The van der Waals surface area contributed by atoms with Crippen LogP contribution < -0.4 is 13.9 Å². The van der Waals surface area contributed by atoms with E-state index in [1.807, 2.05) is 59.5 Å². The number of sulfonamides is 1. The van der Waals surface area contributed by atoms with Crippen molar-refractivity contribution in [2.24, 2.45) is 0 Å². The molecular weight excluding hydrogens is 412 g/mol. The van der Waals surface area contributed by atoms with Gasteiger partial charge in [-0.1, -0.05) is 42.5 Å². The van der Waals surface area contributed by atoms with Gasteiger partial charge in [0.2, 0.25) is 0 Å². The van der Waals surface area contributed by atoms with E-state index in [1.54, 1.807) is 31.4 Å². The summed E-state index contributed by atoms with van der Waals surface area (Å²) in [6.07, 6.45) is 0. The largest absolute Gasteiger partial charge is 0.497 e. The molecule has 0 radical (unpaired) electrons. The second kappa shape index (κ2) is 7.55. The van der Waals surface area contributed by atoms with E-state index in [0.29, 0.717) is 29.4 Å². The van der Waals surface area contributed by atoms with Gasteiger partial charge in [0, 0.05) is 6.54 Å². The second-order valence-corrected chi connectivity index (χ2v) is 9.08. The second-order valence-electron chi connectivity index (χ2n) is 7.21. The van der Waals surface area contributed by atoms with Crippen LogP contribution in [0.4, 0.5) is 11.6 Å². The minimum atomic E-state index is -3.84. The molecule has 8 heteroatoms. The Kier molecular flexibility index (Phi) is 4.71. The van der Waals surface area contributed by atoms with Gasteiger partial charge in [0.25, 0.3) is 10.0 Å². The highest BCUT2D eigenvalue weighted by Crippen LogP contribution is 2.38. The van der Waals surface area contributed by atoms with Crippen molar-refractivity contribution in [3.63, 3.8) is 0 Å². The molecule has 2 heterocycles. The van der Waals surface area contributed by atoms with Crippen LogP contribution in [0.2, 0.25) is 0 Å². The SMILES string of the molecule is COc1ccc(S(=O)(=O)N2CN(Cc3ccccc3)c3nc4ccccc4nc32)cc1. The van der Waals surface area contributed by atoms with Gasteiger partial charge in [0.05, 0.1) is 23.0 Å². The van der Waals surface area contributed by atoms with Crippen LogP contribution in [0.25, 0.3) is 11.0 Å². The number of nitrogens with zero attached hydrogens (tertiary/aromatic N) is 4. The van der Waals surface area contributed by atoms with Gasteiger partial charge in [-0.25, -0.2) is 22.7 Å². The van der Waals surface area contributed by atoms with Gasteiger partial charge < -0.3 is 9.64 Å². The molecule has 0 spiro atoms. The average Bonchev–Trinajstić information content (AvgIpc) is 3.16. The fourth-order valence-electron chi connectivity index (χ4n) is 3.64. The highest BCUT2D eigenvalue weighted by molar-refractivity contribution is 7.92. The zero-order valence-corrected chi connectivity index (χ0v) is 17.7. The standard InChI is InChI=1S/C23H20N4O3S/c1-30-18-11-13-19(14-12-18)31(28,29)27-16-26(15-17-7-3-2-4-8-17)22-23(27)25-21-10-6-5-9-20(21)24-22/h2-14H,15-16H2,1H3. The topological polar surface area (TPSA) is 75.6 Å². The lowest BCUT2D eigenvalue weighted by atomic mass is 10.2. The Morgan fingerprint density at radius 1 is 0.839 bits per heavy atom. The molecule has 4 aromatic rings. The number of fused-ring (bicyclic) bond motifs is 2. The molecule has 31 heavy (non-hydrogen) atoms. The van der Waals surface area contributed by atoms with Crippen LogP contribution in [-0.2, 0) is 16.6 Å². The monoisotopic (exact) mass is 432 g/mol. The van der Waals surface area contributed by atoms with Crippen molar-refractivity contribution in [2.45, 2.75) is 11.4 Å². The Balaban J connectivity index is 1.61. The number of hydrogen-bond donors (Lipinski definition) is 0.